The molecule has 0 radical (unpaired) electrons. The van der Waals surface area contributed by atoms with E-state index in [1.807, 2.05) is 0 Å². The van der Waals surface area contributed by atoms with Crippen LogP contribution in [0.15, 0.2) is 52.8 Å². The van der Waals surface area contributed by atoms with Gasteiger partial charge in [0.15, 0.2) is 5.22 Å². The third-order valence-electron chi connectivity index (χ3n) is 3.24. The van der Waals surface area contributed by atoms with E-state index in [1.54, 1.807) is 18.2 Å². The smallest absolute Gasteiger partial charge is 0.448 e. The third-order valence-corrected chi connectivity index (χ3v) is 3.44. The van der Waals surface area contributed by atoms with Gasteiger partial charge in [-0.1, -0.05) is 12.1 Å². The molecule has 0 amide bonds. The lowest BCUT2D eigenvalue weighted by molar-refractivity contribution is -0.274. The molecule has 2 heterocycles. The van der Waals surface area contributed by atoms with Gasteiger partial charge in [-0.3, -0.25) is 0 Å². The monoisotopic (exact) mass is 360 g/mol. The Balaban J connectivity index is 1.71. The van der Waals surface area contributed by atoms with Crippen LogP contribution in [0.3, 0.4) is 0 Å². The Morgan fingerprint density at radius 1 is 1.17 bits per heavy atom. The maximum absolute atomic E-state index is 12.2. The number of alkyl halides is 3. The van der Waals surface area contributed by atoms with E-state index in [0.717, 1.165) is 0 Å². The lowest BCUT2D eigenvalue weighted by atomic mass is 10.1. The molecule has 1 unspecified atom stereocenters. The van der Waals surface area contributed by atoms with Gasteiger partial charge in [0, 0.05) is 6.08 Å². The van der Waals surface area contributed by atoms with Gasteiger partial charge in [0.25, 0.3) is 0 Å². The largest absolute Gasteiger partial charge is 0.573 e. The fourth-order valence-electron chi connectivity index (χ4n) is 2.28. The van der Waals surface area contributed by atoms with E-state index in [1.165, 1.54) is 29.3 Å². The average Bonchev–Trinajstić information content (AvgIpc) is 3.05. The molecule has 5 nitrogen and oxygen atoms in total. The van der Waals surface area contributed by atoms with Crippen LogP contribution in [0.2, 0.25) is 5.22 Å². The van der Waals surface area contributed by atoms with Crippen LogP contribution >= 0.6 is 11.6 Å². The molecule has 1 aliphatic heterocycles. The highest BCUT2D eigenvalue weighted by molar-refractivity contribution is 6.28. The van der Waals surface area contributed by atoms with E-state index in [4.69, 9.17) is 26.6 Å². The molecule has 1 aromatic carbocycles. The Kier molecular flexibility index (Phi) is 4.33. The van der Waals surface area contributed by atoms with Crippen molar-refractivity contribution in [2.75, 3.05) is 0 Å². The molecule has 0 spiro atoms. The Morgan fingerprint density at radius 2 is 1.88 bits per heavy atom. The summed E-state index contributed by atoms with van der Waals surface area (Å²) in [5.74, 6) is 0.447. The summed E-state index contributed by atoms with van der Waals surface area (Å²) in [6, 6.07) is 8.38. The van der Waals surface area contributed by atoms with E-state index in [9.17, 15) is 13.2 Å². The molecule has 0 bridgehead atoms. The van der Waals surface area contributed by atoms with Crippen molar-refractivity contribution in [1.29, 1.82) is 0 Å². The van der Waals surface area contributed by atoms with Gasteiger partial charge in [0.05, 0.1) is 6.54 Å². The highest BCUT2D eigenvalue weighted by atomic mass is 35.5. The minimum absolute atomic E-state index is 0.199. The fraction of sp³-hybridized carbons (Fsp3) is 0.200. The predicted octanol–water partition coefficient (Wildman–Crippen LogP) is 4.12. The third kappa shape index (κ3) is 3.95. The van der Waals surface area contributed by atoms with Crippen LogP contribution in [0.4, 0.5) is 13.2 Å². The molecule has 0 saturated carbocycles. The zero-order chi connectivity index (χ0) is 17.3. The lowest BCUT2D eigenvalue weighted by Gasteiger charge is -2.21. The second kappa shape index (κ2) is 6.29. The number of rotatable bonds is 4. The van der Waals surface area contributed by atoms with Crippen molar-refractivity contribution in [2.24, 2.45) is 5.73 Å². The molecule has 128 valence electrons. The highest BCUT2D eigenvalue weighted by Crippen LogP contribution is 2.33. The van der Waals surface area contributed by atoms with Gasteiger partial charge in [-0.2, -0.15) is 0 Å². The maximum Gasteiger partial charge on any atom is 0.573 e. The van der Waals surface area contributed by atoms with E-state index in [2.05, 4.69) is 4.74 Å². The molecule has 24 heavy (non-hydrogen) atoms. The molecule has 0 saturated heterocycles. The Bertz CT molecular complexity index is 743. The average molecular weight is 361 g/mol. The number of ether oxygens (including phenoxy) is 1. The normalized spacial score (nSPS) is 18.3. The predicted molar refractivity (Wildman–Crippen MR) is 78.5 cm³/mol. The number of nitrogens with zero attached hydrogens (tertiary/aromatic N) is 1. The SMILES string of the molecule is NC1=CC(c2ccc(Cl)o2)N(Cc2ccc(OC(F)(F)F)cc2)O1. The Hall–Kier alpha value is -2.32. The Morgan fingerprint density at radius 3 is 2.46 bits per heavy atom. The van der Waals surface area contributed by atoms with Crippen molar-refractivity contribution in [3.05, 3.63) is 64.9 Å². The fourth-order valence-corrected chi connectivity index (χ4v) is 2.43. The second-order valence-electron chi connectivity index (χ2n) is 5.01. The second-order valence-corrected chi connectivity index (χ2v) is 5.39. The van der Waals surface area contributed by atoms with Crippen molar-refractivity contribution in [3.8, 4) is 5.75 Å². The molecule has 2 aromatic rings. The standard InChI is InChI=1S/C15H12ClF3N2O3/c16-13-6-5-12(22-13)11-7-14(20)24-21(11)8-9-1-3-10(4-2-9)23-15(17,18)19/h1-7,11H,8,20H2. The first kappa shape index (κ1) is 16.5. The van der Waals surface area contributed by atoms with E-state index < -0.39 is 6.36 Å². The van der Waals surface area contributed by atoms with E-state index >= 15 is 0 Å². The lowest BCUT2D eigenvalue weighted by Crippen LogP contribution is -2.23. The van der Waals surface area contributed by atoms with Gasteiger partial charge in [0.1, 0.15) is 17.6 Å². The number of hydroxylamine groups is 2. The summed E-state index contributed by atoms with van der Waals surface area (Å²) in [7, 11) is 0. The summed E-state index contributed by atoms with van der Waals surface area (Å²) in [4.78, 5) is 5.41. The van der Waals surface area contributed by atoms with Crippen molar-refractivity contribution >= 4 is 11.6 Å². The topological polar surface area (TPSA) is 60.9 Å². The quantitative estimate of drug-likeness (QED) is 0.888. The van der Waals surface area contributed by atoms with Gasteiger partial charge < -0.3 is 19.7 Å². The van der Waals surface area contributed by atoms with Crippen molar-refractivity contribution in [2.45, 2.75) is 18.9 Å². The molecule has 0 aliphatic carbocycles. The van der Waals surface area contributed by atoms with Crippen molar-refractivity contribution in [1.82, 2.24) is 5.06 Å². The molecule has 1 aliphatic rings. The van der Waals surface area contributed by atoms with Crippen LogP contribution in [0.1, 0.15) is 17.4 Å². The molecular formula is C15H12ClF3N2O3. The number of benzene rings is 1. The number of halogens is 4. The Labute approximate surface area is 139 Å². The summed E-state index contributed by atoms with van der Waals surface area (Å²) in [6.07, 6.45) is -3.07. The first-order valence-electron chi connectivity index (χ1n) is 6.82. The van der Waals surface area contributed by atoms with E-state index in [0.29, 0.717) is 11.3 Å². The van der Waals surface area contributed by atoms with Crippen molar-refractivity contribution in [3.63, 3.8) is 0 Å². The molecule has 9 heteroatoms. The van der Waals surface area contributed by atoms with Crippen LogP contribution in [0.5, 0.6) is 5.75 Å². The minimum Gasteiger partial charge on any atom is -0.448 e. The van der Waals surface area contributed by atoms with Crippen LogP contribution < -0.4 is 10.5 Å². The van der Waals surface area contributed by atoms with Crippen LogP contribution in [0, 0.1) is 0 Å². The zero-order valence-corrected chi connectivity index (χ0v) is 12.8. The first-order chi connectivity index (χ1) is 11.3. The number of nitrogens with two attached hydrogens (primary N) is 1. The highest BCUT2D eigenvalue weighted by Gasteiger charge is 2.32. The van der Waals surface area contributed by atoms with Gasteiger partial charge >= 0.3 is 6.36 Å². The number of furan rings is 1. The first-order valence-corrected chi connectivity index (χ1v) is 7.20. The molecule has 3 rings (SSSR count). The van der Waals surface area contributed by atoms with Crippen LogP contribution in [0.25, 0.3) is 0 Å². The maximum atomic E-state index is 12.2. The minimum atomic E-state index is -4.72. The van der Waals surface area contributed by atoms with Gasteiger partial charge in [-0.05, 0) is 41.4 Å². The van der Waals surface area contributed by atoms with Crippen LogP contribution in [-0.4, -0.2) is 11.4 Å². The van der Waals surface area contributed by atoms with Crippen molar-refractivity contribution < 1.29 is 27.2 Å². The molecule has 1 aromatic heterocycles. The summed E-state index contributed by atoms with van der Waals surface area (Å²) < 4.78 is 45.7. The molecular weight excluding hydrogens is 349 g/mol. The summed E-state index contributed by atoms with van der Waals surface area (Å²) in [5, 5.41) is 1.77. The van der Waals surface area contributed by atoms with E-state index in [-0.39, 0.29) is 29.4 Å². The summed E-state index contributed by atoms with van der Waals surface area (Å²) in [5.41, 5.74) is 6.39. The van der Waals surface area contributed by atoms with Gasteiger partial charge in [-0.25, -0.2) is 0 Å². The zero-order valence-electron chi connectivity index (χ0n) is 12.1. The number of hydrogen-bond donors (Lipinski definition) is 1. The van der Waals surface area contributed by atoms with Crippen LogP contribution in [-0.2, 0) is 11.4 Å². The summed E-state index contributed by atoms with van der Waals surface area (Å²) in [6.45, 7) is 0.270. The molecule has 2 N–H and O–H groups in total. The number of hydrogen-bond acceptors (Lipinski definition) is 5. The van der Waals surface area contributed by atoms with Gasteiger partial charge in [-0.15, -0.1) is 18.2 Å². The van der Waals surface area contributed by atoms with Gasteiger partial charge in [0.2, 0.25) is 5.88 Å². The molecule has 1 atom stereocenters. The molecule has 0 fully saturated rings. The summed E-state index contributed by atoms with van der Waals surface area (Å²) >= 11 is 5.77.